The number of amides is 1. The number of nitrogens with one attached hydrogen (secondary N) is 1. The van der Waals surface area contributed by atoms with Gasteiger partial charge in [-0.3, -0.25) is 4.79 Å². The highest BCUT2D eigenvalue weighted by Crippen LogP contribution is 2.25. The minimum Gasteiger partial charge on any atom is -0.398 e. The topological polar surface area (TPSA) is 75.3 Å². The normalized spacial score (nSPS) is 11.9. The van der Waals surface area contributed by atoms with Crippen LogP contribution in [0.25, 0.3) is 0 Å². The van der Waals surface area contributed by atoms with E-state index in [1.165, 1.54) is 0 Å². The van der Waals surface area contributed by atoms with Crippen molar-refractivity contribution in [3.05, 3.63) is 41.4 Å². The predicted molar refractivity (Wildman–Crippen MR) is 73.3 cm³/mol. The molecule has 0 spiro atoms. The van der Waals surface area contributed by atoms with Gasteiger partial charge in [-0.15, -0.1) is 6.58 Å². The molecule has 0 aliphatic rings. The van der Waals surface area contributed by atoms with E-state index < -0.39 is 6.10 Å². The van der Waals surface area contributed by atoms with Gasteiger partial charge in [-0.05, 0) is 24.1 Å². The molecule has 5 heteroatoms. The Kier molecular flexibility index (Phi) is 5.68. The molecule has 0 aromatic heterocycles. The van der Waals surface area contributed by atoms with Crippen molar-refractivity contribution in [3.8, 4) is 0 Å². The molecule has 1 atom stereocenters. The second-order valence-electron chi connectivity index (χ2n) is 3.93. The van der Waals surface area contributed by atoms with Crippen LogP contribution < -0.4 is 11.1 Å². The summed E-state index contributed by atoms with van der Waals surface area (Å²) in [5.41, 5.74) is 6.73. The van der Waals surface area contributed by atoms with Crippen molar-refractivity contribution in [2.75, 3.05) is 12.3 Å². The van der Waals surface area contributed by atoms with E-state index in [1.54, 1.807) is 24.3 Å². The lowest BCUT2D eigenvalue weighted by Gasteiger charge is -2.12. The summed E-state index contributed by atoms with van der Waals surface area (Å²) in [6.45, 7) is 3.94. The minimum atomic E-state index is -0.723. The molecule has 0 saturated carbocycles. The van der Waals surface area contributed by atoms with Gasteiger partial charge in [-0.2, -0.15) is 0 Å². The average molecular weight is 269 g/mol. The molecule has 4 N–H and O–H groups in total. The maximum absolute atomic E-state index is 11.3. The van der Waals surface area contributed by atoms with Gasteiger partial charge in [0.15, 0.2) is 0 Å². The maximum atomic E-state index is 11.3. The monoisotopic (exact) mass is 268 g/mol. The zero-order valence-corrected chi connectivity index (χ0v) is 10.8. The summed E-state index contributed by atoms with van der Waals surface area (Å²) >= 11 is 5.79. The molecule has 1 unspecified atom stereocenters. The van der Waals surface area contributed by atoms with Gasteiger partial charge < -0.3 is 16.2 Å². The van der Waals surface area contributed by atoms with Gasteiger partial charge in [0, 0.05) is 13.0 Å². The first-order chi connectivity index (χ1) is 8.54. The number of aliphatic hydroxyl groups excluding tert-OH is 1. The van der Waals surface area contributed by atoms with Crippen LogP contribution in [0.1, 0.15) is 24.5 Å². The Hall–Kier alpha value is -1.52. The molecule has 0 aliphatic carbocycles. The molecule has 1 rings (SSSR count). The quantitative estimate of drug-likeness (QED) is 0.546. The molecule has 1 aromatic rings. The molecule has 0 fully saturated rings. The van der Waals surface area contributed by atoms with E-state index >= 15 is 0 Å². The van der Waals surface area contributed by atoms with Crippen LogP contribution in [-0.2, 0) is 4.79 Å². The summed E-state index contributed by atoms with van der Waals surface area (Å²) in [4.78, 5) is 11.3. The van der Waals surface area contributed by atoms with E-state index in [-0.39, 0.29) is 12.3 Å². The summed E-state index contributed by atoms with van der Waals surface area (Å²) in [6, 6.07) is 4.95. The summed E-state index contributed by atoms with van der Waals surface area (Å²) in [5.74, 6) is -0.115. The number of anilines is 1. The van der Waals surface area contributed by atoms with E-state index in [0.717, 1.165) is 0 Å². The Morgan fingerprint density at radius 1 is 1.61 bits per heavy atom. The van der Waals surface area contributed by atoms with Crippen LogP contribution in [0.2, 0.25) is 5.02 Å². The van der Waals surface area contributed by atoms with Crippen LogP contribution in [0.15, 0.2) is 30.9 Å². The third-order valence-electron chi connectivity index (χ3n) is 2.49. The highest BCUT2D eigenvalue weighted by molar-refractivity contribution is 6.33. The van der Waals surface area contributed by atoms with E-state index in [9.17, 15) is 9.90 Å². The number of nitrogen functional groups attached to an aromatic ring is 1. The molecular formula is C13H17ClN2O2. The lowest BCUT2D eigenvalue weighted by Crippen LogP contribution is -2.23. The molecule has 0 aliphatic heterocycles. The van der Waals surface area contributed by atoms with E-state index in [4.69, 9.17) is 17.3 Å². The van der Waals surface area contributed by atoms with Gasteiger partial charge >= 0.3 is 0 Å². The molecule has 0 saturated heterocycles. The van der Waals surface area contributed by atoms with Crippen molar-refractivity contribution in [2.45, 2.75) is 18.9 Å². The summed E-state index contributed by atoms with van der Waals surface area (Å²) in [6.07, 6.45) is 1.47. The second-order valence-corrected chi connectivity index (χ2v) is 4.34. The number of halogens is 1. The third-order valence-corrected chi connectivity index (χ3v) is 2.84. The fraction of sp³-hybridized carbons (Fsp3) is 0.308. The molecule has 0 bridgehead atoms. The minimum absolute atomic E-state index is 0.115. The molecule has 1 amide bonds. The second kappa shape index (κ2) is 7.03. The van der Waals surface area contributed by atoms with Crippen molar-refractivity contribution in [1.82, 2.24) is 5.32 Å². The number of benzene rings is 1. The zero-order chi connectivity index (χ0) is 13.5. The first kappa shape index (κ1) is 14.5. The highest BCUT2D eigenvalue weighted by atomic mass is 35.5. The number of hydrogen-bond donors (Lipinski definition) is 3. The van der Waals surface area contributed by atoms with Crippen molar-refractivity contribution < 1.29 is 9.90 Å². The summed E-state index contributed by atoms with van der Waals surface area (Å²) < 4.78 is 0. The highest BCUT2D eigenvalue weighted by Gasteiger charge is 2.11. The standard InChI is InChI=1S/C13H17ClN2O2/c1-2-7-16-13(18)6-5-12(17)9-3-4-10(14)11(15)8-9/h2-4,8,12,17H,1,5-7,15H2,(H,16,18). The van der Waals surface area contributed by atoms with Crippen LogP contribution in [0.4, 0.5) is 5.69 Å². The SMILES string of the molecule is C=CCNC(=O)CCC(O)c1ccc(Cl)c(N)c1. The molecule has 18 heavy (non-hydrogen) atoms. The number of aliphatic hydroxyl groups is 1. The van der Waals surface area contributed by atoms with Gasteiger partial charge in [-0.1, -0.05) is 23.7 Å². The Balaban J connectivity index is 2.49. The largest absolute Gasteiger partial charge is 0.398 e. The molecule has 0 heterocycles. The molecule has 98 valence electrons. The Morgan fingerprint density at radius 2 is 2.33 bits per heavy atom. The summed E-state index contributed by atoms with van der Waals surface area (Å²) in [5, 5.41) is 13.0. The number of nitrogens with two attached hydrogens (primary N) is 1. The number of carbonyl (C=O) groups excluding carboxylic acids is 1. The van der Waals surface area contributed by atoms with Crippen molar-refractivity contribution in [1.29, 1.82) is 0 Å². The van der Waals surface area contributed by atoms with Gasteiger partial charge in [-0.25, -0.2) is 0 Å². The van der Waals surface area contributed by atoms with Crippen molar-refractivity contribution >= 4 is 23.2 Å². The fourth-order valence-corrected chi connectivity index (χ4v) is 1.60. The van der Waals surface area contributed by atoms with Crippen molar-refractivity contribution in [2.24, 2.45) is 0 Å². The zero-order valence-electron chi connectivity index (χ0n) is 10.0. The Morgan fingerprint density at radius 3 is 2.94 bits per heavy atom. The number of rotatable bonds is 6. The first-order valence-electron chi connectivity index (χ1n) is 5.65. The van der Waals surface area contributed by atoms with Gasteiger partial charge in [0.25, 0.3) is 0 Å². The smallest absolute Gasteiger partial charge is 0.220 e. The van der Waals surface area contributed by atoms with Gasteiger partial charge in [0.1, 0.15) is 0 Å². The lowest BCUT2D eigenvalue weighted by molar-refractivity contribution is -0.121. The molecule has 0 radical (unpaired) electrons. The van der Waals surface area contributed by atoms with E-state index in [2.05, 4.69) is 11.9 Å². The van der Waals surface area contributed by atoms with E-state index in [1.807, 2.05) is 0 Å². The summed E-state index contributed by atoms with van der Waals surface area (Å²) in [7, 11) is 0. The Bertz CT molecular complexity index is 435. The predicted octanol–water partition coefficient (Wildman–Crippen LogP) is 2.04. The van der Waals surface area contributed by atoms with Crippen LogP contribution in [0.3, 0.4) is 0 Å². The third kappa shape index (κ3) is 4.39. The molecule has 1 aromatic carbocycles. The van der Waals surface area contributed by atoms with Crippen LogP contribution >= 0.6 is 11.6 Å². The Labute approximate surface area is 111 Å². The average Bonchev–Trinajstić information content (AvgIpc) is 2.36. The van der Waals surface area contributed by atoms with Crippen LogP contribution in [0.5, 0.6) is 0 Å². The van der Waals surface area contributed by atoms with E-state index in [0.29, 0.717) is 29.2 Å². The maximum Gasteiger partial charge on any atom is 0.220 e. The van der Waals surface area contributed by atoms with Crippen LogP contribution in [-0.4, -0.2) is 17.6 Å². The lowest BCUT2D eigenvalue weighted by atomic mass is 10.0. The molecular weight excluding hydrogens is 252 g/mol. The first-order valence-corrected chi connectivity index (χ1v) is 6.03. The number of carbonyl (C=O) groups is 1. The number of hydrogen-bond acceptors (Lipinski definition) is 3. The van der Waals surface area contributed by atoms with Crippen molar-refractivity contribution in [3.63, 3.8) is 0 Å². The van der Waals surface area contributed by atoms with Gasteiger partial charge in [0.05, 0.1) is 16.8 Å². The fourth-order valence-electron chi connectivity index (χ4n) is 1.48. The van der Waals surface area contributed by atoms with Gasteiger partial charge in [0.2, 0.25) is 5.91 Å². The van der Waals surface area contributed by atoms with Crippen LogP contribution in [0, 0.1) is 0 Å². The molecule has 4 nitrogen and oxygen atoms in total.